The summed E-state index contributed by atoms with van der Waals surface area (Å²) in [5.74, 6) is 7.47. The van der Waals surface area contributed by atoms with Gasteiger partial charge in [0.2, 0.25) is 5.96 Å². The van der Waals surface area contributed by atoms with Crippen LogP contribution in [-0.2, 0) is 0 Å². The van der Waals surface area contributed by atoms with Crippen molar-refractivity contribution in [2.24, 2.45) is 28.5 Å². The molecule has 1 heterocycles. The van der Waals surface area contributed by atoms with E-state index in [1.807, 2.05) is 0 Å². The third-order valence-corrected chi connectivity index (χ3v) is 3.75. The number of nitrogens with two attached hydrogens (primary N) is 2. The number of guanidine groups is 1. The average molecular weight is 196 g/mol. The highest BCUT2D eigenvalue weighted by atomic mass is 15.3. The van der Waals surface area contributed by atoms with Crippen molar-refractivity contribution >= 4 is 5.96 Å². The summed E-state index contributed by atoms with van der Waals surface area (Å²) in [7, 11) is 0. The van der Waals surface area contributed by atoms with Gasteiger partial charge in [0.25, 0.3) is 0 Å². The van der Waals surface area contributed by atoms with Crippen LogP contribution in [0.15, 0.2) is 5.10 Å². The summed E-state index contributed by atoms with van der Waals surface area (Å²) >= 11 is 0. The van der Waals surface area contributed by atoms with Crippen molar-refractivity contribution in [2.75, 3.05) is 13.1 Å². The Bertz CT molecular complexity index is 226. The van der Waals surface area contributed by atoms with E-state index in [9.17, 15) is 0 Å². The van der Waals surface area contributed by atoms with Crippen molar-refractivity contribution in [3.8, 4) is 0 Å². The summed E-state index contributed by atoms with van der Waals surface area (Å²) in [5.41, 5.74) is 5.72. The van der Waals surface area contributed by atoms with Crippen LogP contribution >= 0.6 is 0 Å². The van der Waals surface area contributed by atoms with E-state index in [0.29, 0.717) is 5.96 Å². The van der Waals surface area contributed by atoms with Crippen molar-refractivity contribution in [3.05, 3.63) is 0 Å². The highest BCUT2D eigenvalue weighted by Crippen LogP contribution is 2.35. The first-order valence-electron chi connectivity index (χ1n) is 5.59. The summed E-state index contributed by atoms with van der Waals surface area (Å²) in [5, 5.41) is 3.57. The molecule has 0 amide bonds. The maximum absolute atomic E-state index is 5.72. The number of piperidine rings is 1. The van der Waals surface area contributed by atoms with Gasteiger partial charge in [-0.25, -0.2) is 0 Å². The Labute approximate surface area is 85.3 Å². The molecule has 0 aromatic rings. The summed E-state index contributed by atoms with van der Waals surface area (Å²) in [6.07, 6.45) is 6.84. The summed E-state index contributed by atoms with van der Waals surface area (Å²) in [6, 6.07) is 0. The monoisotopic (exact) mass is 196 g/mol. The molecule has 4 heteroatoms. The molecule has 2 unspecified atom stereocenters. The molecule has 0 spiro atoms. The van der Waals surface area contributed by atoms with Gasteiger partial charge in [-0.05, 0) is 24.7 Å². The van der Waals surface area contributed by atoms with Crippen LogP contribution in [0.1, 0.15) is 32.1 Å². The van der Waals surface area contributed by atoms with Gasteiger partial charge in [-0.3, -0.25) is 0 Å². The van der Waals surface area contributed by atoms with Crippen LogP contribution < -0.4 is 11.6 Å². The topological polar surface area (TPSA) is 67.6 Å². The molecule has 2 atom stereocenters. The fourth-order valence-corrected chi connectivity index (χ4v) is 2.89. The molecule has 0 bridgehead atoms. The van der Waals surface area contributed by atoms with Crippen molar-refractivity contribution in [3.63, 3.8) is 0 Å². The second kappa shape index (κ2) is 4.07. The number of rotatable bonds is 0. The second-order valence-electron chi connectivity index (χ2n) is 4.53. The Morgan fingerprint density at radius 1 is 1.14 bits per heavy atom. The molecular formula is C10H20N4. The zero-order chi connectivity index (χ0) is 9.97. The predicted molar refractivity (Wildman–Crippen MR) is 57.4 cm³/mol. The van der Waals surface area contributed by atoms with E-state index >= 15 is 0 Å². The van der Waals surface area contributed by atoms with Gasteiger partial charge in [-0.1, -0.05) is 19.3 Å². The van der Waals surface area contributed by atoms with Crippen LogP contribution in [0.25, 0.3) is 0 Å². The summed E-state index contributed by atoms with van der Waals surface area (Å²) in [4.78, 5) is 2.13. The second-order valence-corrected chi connectivity index (χ2v) is 4.53. The Morgan fingerprint density at radius 2 is 1.86 bits per heavy atom. The van der Waals surface area contributed by atoms with Crippen LogP contribution in [-0.4, -0.2) is 23.9 Å². The van der Waals surface area contributed by atoms with Crippen LogP contribution in [0.2, 0.25) is 0 Å². The molecule has 80 valence electrons. The quantitative estimate of drug-likeness (QED) is 0.259. The van der Waals surface area contributed by atoms with Crippen molar-refractivity contribution in [1.82, 2.24) is 4.90 Å². The molecule has 2 aliphatic rings. The van der Waals surface area contributed by atoms with Crippen LogP contribution in [0.3, 0.4) is 0 Å². The van der Waals surface area contributed by atoms with E-state index < -0.39 is 0 Å². The Hall–Kier alpha value is -0.930. The van der Waals surface area contributed by atoms with Crippen LogP contribution in [0.4, 0.5) is 0 Å². The molecule has 1 saturated heterocycles. The van der Waals surface area contributed by atoms with Gasteiger partial charge in [0, 0.05) is 13.1 Å². The first-order chi connectivity index (χ1) is 6.81. The van der Waals surface area contributed by atoms with Crippen molar-refractivity contribution in [1.29, 1.82) is 0 Å². The number of fused-ring (bicyclic) bond motifs is 1. The smallest absolute Gasteiger partial charge is 0.213 e. The van der Waals surface area contributed by atoms with E-state index in [4.69, 9.17) is 11.6 Å². The molecule has 1 aliphatic heterocycles. The molecule has 1 saturated carbocycles. The van der Waals surface area contributed by atoms with E-state index in [2.05, 4.69) is 10.0 Å². The number of likely N-dealkylation sites (tertiary alicyclic amines) is 1. The van der Waals surface area contributed by atoms with Gasteiger partial charge in [-0.2, -0.15) is 0 Å². The zero-order valence-corrected chi connectivity index (χ0v) is 8.65. The van der Waals surface area contributed by atoms with Gasteiger partial charge in [0.05, 0.1) is 0 Å². The fraction of sp³-hybridized carbons (Fsp3) is 0.900. The normalized spacial score (nSPS) is 34.0. The van der Waals surface area contributed by atoms with Crippen LogP contribution in [0, 0.1) is 11.8 Å². The number of hydrazone groups is 1. The lowest BCUT2D eigenvalue weighted by Crippen LogP contribution is -2.48. The SMILES string of the molecule is NN=C(N)N1CCC2CCCCC2C1. The highest BCUT2D eigenvalue weighted by molar-refractivity contribution is 5.77. The number of nitrogens with zero attached hydrogens (tertiary/aromatic N) is 2. The van der Waals surface area contributed by atoms with E-state index in [-0.39, 0.29) is 0 Å². The average Bonchev–Trinajstić information content (AvgIpc) is 2.27. The van der Waals surface area contributed by atoms with Gasteiger partial charge < -0.3 is 16.5 Å². The zero-order valence-electron chi connectivity index (χ0n) is 8.65. The maximum Gasteiger partial charge on any atom is 0.213 e. The third-order valence-electron chi connectivity index (χ3n) is 3.75. The third kappa shape index (κ3) is 1.79. The van der Waals surface area contributed by atoms with E-state index in [0.717, 1.165) is 24.9 Å². The van der Waals surface area contributed by atoms with Crippen molar-refractivity contribution in [2.45, 2.75) is 32.1 Å². The standard InChI is InChI=1S/C10H20N4/c11-10(13-12)14-6-5-8-3-1-2-4-9(8)7-14/h8-9H,1-7,12H2,(H2,11,13). The Morgan fingerprint density at radius 3 is 2.57 bits per heavy atom. The highest BCUT2D eigenvalue weighted by Gasteiger charge is 2.31. The van der Waals surface area contributed by atoms with Gasteiger partial charge >= 0.3 is 0 Å². The molecule has 0 aromatic carbocycles. The molecular weight excluding hydrogens is 176 g/mol. The maximum atomic E-state index is 5.72. The fourth-order valence-electron chi connectivity index (χ4n) is 2.89. The van der Waals surface area contributed by atoms with Gasteiger partial charge in [0.1, 0.15) is 0 Å². The lowest BCUT2D eigenvalue weighted by molar-refractivity contribution is 0.129. The number of hydrogen-bond acceptors (Lipinski definition) is 2. The first-order valence-corrected chi connectivity index (χ1v) is 5.59. The van der Waals surface area contributed by atoms with E-state index in [1.165, 1.54) is 32.1 Å². The Kier molecular flexibility index (Phi) is 2.79. The lowest BCUT2D eigenvalue weighted by atomic mass is 9.75. The molecule has 2 fully saturated rings. The molecule has 0 radical (unpaired) electrons. The Balaban J connectivity index is 1.95. The molecule has 4 nitrogen and oxygen atoms in total. The summed E-state index contributed by atoms with van der Waals surface area (Å²) < 4.78 is 0. The first kappa shape index (κ1) is 9.62. The van der Waals surface area contributed by atoms with Crippen molar-refractivity contribution < 1.29 is 0 Å². The molecule has 0 aromatic heterocycles. The molecule has 1 aliphatic carbocycles. The molecule has 14 heavy (non-hydrogen) atoms. The largest absolute Gasteiger partial charge is 0.368 e. The van der Waals surface area contributed by atoms with Gasteiger partial charge in [-0.15, -0.1) is 5.10 Å². The van der Waals surface area contributed by atoms with E-state index in [1.54, 1.807) is 0 Å². The minimum atomic E-state index is 0.508. The lowest BCUT2D eigenvalue weighted by Gasteiger charge is -2.41. The van der Waals surface area contributed by atoms with Crippen LogP contribution in [0.5, 0.6) is 0 Å². The molecule has 2 rings (SSSR count). The number of hydrogen-bond donors (Lipinski definition) is 2. The minimum Gasteiger partial charge on any atom is -0.368 e. The van der Waals surface area contributed by atoms with Gasteiger partial charge in [0.15, 0.2) is 0 Å². The molecule has 4 N–H and O–H groups in total. The minimum absolute atomic E-state index is 0.508. The predicted octanol–water partition coefficient (Wildman–Crippen LogP) is 0.687. The summed E-state index contributed by atoms with van der Waals surface area (Å²) in [6.45, 7) is 2.10.